The summed E-state index contributed by atoms with van der Waals surface area (Å²) in [6, 6.07) is 0. The van der Waals surface area contributed by atoms with E-state index >= 15 is 0 Å². The van der Waals surface area contributed by atoms with Gasteiger partial charge in [0.05, 0.1) is 11.3 Å². The summed E-state index contributed by atoms with van der Waals surface area (Å²) in [4.78, 5) is 0. The highest BCUT2D eigenvalue weighted by Crippen LogP contribution is 2.29. The Bertz CT molecular complexity index is 228. The predicted molar refractivity (Wildman–Crippen MR) is 46.3 cm³/mol. The molecule has 0 aromatic rings. The first kappa shape index (κ1) is 7.89. The van der Waals surface area contributed by atoms with Gasteiger partial charge in [0.1, 0.15) is 0 Å². The maximum absolute atomic E-state index is 8.60. The zero-order valence-corrected chi connectivity index (χ0v) is 7.48. The van der Waals surface area contributed by atoms with Crippen molar-refractivity contribution in [1.82, 2.24) is 0 Å². The maximum atomic E-state index is 8.60. The third-order valence-corrected chi connectivity index (χ3v) is 2.52. The van der Waals surface area contributed by atoms with Crippen molar-refractivity contribution in [3.63, 3.8) is 0 Å². The van der Waals surface area contributed by atoms with Gasteiger partial charge in [0.25, 0.3) is 0 Å². The van der Waals surface area contributed by atoms with Crippen LogP contribution in [0.15, 0.2) is 33.5 Å². The lowest BCUT2D eigenvalue weighted by molar-refractivity contribution is 0.468. The standard InChI is InChI=1S/C7H6BrClO/c8-6-3-5(4-10)1-2-7(6)9/h1-2,4,10H,3H2/b5-4+. The first-order valence-electron chi connectivity index (χ1n) is 2.79. The molecule has 1 aliphatic rings. The van der Waals surface area contributed by atoms with E-state index in [0.29, 0.717) is 11.5 Å². The Morgan fingerprint density at radius 2 is 2.30 bits per heavy atom. The van der Waals surface area contributed by atoms with Gasteiger partial charge in [-0.1, -0.05) is 33.6 Å². The van der Waals surface area contributed by atoms with E-state index in [4.69, 9.17) is 16.7 Å². The lowest BCUT2D eigenvalue weighted by Gasteiger charge is -2.06. The number of halogens is 2. The first-order valence-corrected chi connectivity index (χ1v) is 3.96. The molecule has 0 aromatic carbocycles. The van der Waals surface area contributed by atoms with Crippen LogP contribution in [0.5, 0.6) is 0 Å². The highest BCUT2D eigenvalue weighted by Gasteiger charge is 2.06. The molecule has 0 saturated carbocycles. The fourth-order valence-electron chi connectivity index (χ4n) is 0.682. The van der Waals surface area contributed by atoms with Crippen molar-refractivity contribution in [1.29, 1.82) is 0 Å². The molecule has 0 spiro atoms. The summed E-state index contributed by atoms with van der Waals surface area (Å²) >= 11 is 9.01. The van der Waals surface area contributed by atoms with Crippen molar-refractivity contribution >= 4 is 27.5 Å². The minimum Gasteiger partial charge on any atom is -0.515 e. The third-order valence-electron chi connectivity index (χ3n) is 1.23. The Kier molecular flexibility index (Phi) is 2.57. The van der Waals surface area contributed by atoms with Gasteiger partial charge in [-0.3, -0.25) is 0 Å². The molecule has 10 heavy (non-hydrogen) atoms. The Morgan fingerprint density at radius 3 is 2.80 bits per heavy atom. The van der Waals surface area contributed by atoms with Gasteiger partial charge in [-0.05, 0) is 11.6 Å². The van der Waals surface area contributed by atoms with E-state index in [1.54, 1.807) is 12.2 Å². The SMILES string of the molecule is O/C=C1\C=CC(Cl)=C(Br)C1. The quantitative estimate of drug-likeness (QED) is 0.623. The molecule has 1 N–H and O–H groups in total. The van der Waals surface area contributed by atoms with Crippen molar-refractivity contribution < 1.29 is 5.11 Å². The molecular formula is C7H6BrClO. The Balaban J connectivity index is 2.84. The summed E-state index contributed by atoms with van der Waals surface area (Å²) in [6.45, 7) is 0. The van der Waals surface area contributed by atoms with Crippen molar-refractivity contribution in [2.45, 2.75) is 6.42 Å². The maximum Gasteiger partial charge on any atom is 0.0827 e. The molecule has 1 aliphatic carbocycles. The van der Waals surface area contributed by atoms with E-state index in [2.05, 4.69) is 15.9 Å². The van der Waals surface area contributed by atoms with Gasteiger partial charge in [0.2, 0.25) is 0 Å². The van der Waals surface area contributed by atoms with E-state index in [0.717, 1.165) is 16.3 Å². The normalized spacial score (nSPS) is 22.4. The molecule has 3 heteroatoms. The second kappa shape index (κ2) is 3.26. The summed E-state index contributed by atoms with van der Waals surface area (Å²) in [5.74, 6) is 0. The molecule has 1 nitrogen and oxygen atoms in total. The lowest BCUT2D eigenvalue weighted by atomic mass is 10.1. The molecule has 0 bridgehead atoms. The van der Waals surface area contributed by atoms with Gasteiger partial charge in [0.15, 0.2) is 0 Å². The van der Waals surface area contributed by atoms with Crippen LogP contribution in [-0.4, -0.2) is 5.11 Å². The smallest absolute Gasteiger partial charge is 0.0827 e. The number of aliphatic hydroxyl groups is 1. The van der Waals surface area contributed by atoms with Gasteiger partial charge in [-0.2, -0.15) is 0 Å². The molecular weight excluding hydrogens is 215 g/mol. The van der Waals surface area contributed by atoms with Gasteiger partial charge in [-0.25, -0.2) is 0 Å². The van der Waals surface area contributed by atoms with E-state index in [-0.39, 0.29) is 0 Å². The van der Waals surface area contributed by atoms with Gasteiger partial charge in [-0.15, -0.1) is 0 Å². The van der Waals surface area contributed by atoms with Gasteiger partial charge >= 0.3 is 0 Å². The molecule has 0 unspecified atom stereocenters. The van der Waals surface area contributed by atoms with Crippen LogP contribution in [0.25, 0.3) is 0 Å². The molecule has 0 radical (unpaired) electrons. The number of allylic oxidation sites excluding steroid dienone is 5. The van der Waals surface area contributed by atoms with Crippen LogP contribution >= 0.6 is 27.5 Å². The molecule has 0 fully saturated rings. The minimum atomic E-state index is 0.672. The largest absolute Gasteiger partial charge is 0.515 e. The number of aliphatic hydroxyl groups excluding tert-OH is 1. The number of rotatable bonds is 0. The zero-order valence-electron chi connectivity index (χ0n) is 5.14. The summed E-state index contributed by atoms with van der Waals surface area (Å²) in [6.07, 6.45) is 5.29. The van der Waals surface area contributed by atoms with Crippen LogP contribution in [0.4, 0.5) is 0 Å². The summed E-state index contributed by atoms with van der Waals surface area (Å²) in [7, 11) is 0. The molecule has 0 aliphatic heterocycles. The Hall–Kier alpha value is -0.210. The van der Waals surface area contributed by atoms with Crippen molar-refractivity contribution in [3.05, 3.63) is 33.5 Å². The summed E-state index contributed by atoms with van der Waals surface area (Å²) in [5, 5.41) is 9.29. The van der Waals surface area contributed by atoms with Gasteiger partial charge < -0.3 is 5.11 Å². The highest BCUT2D eigenvalue weighted by molar-refractivity contribution is 9.11. The van der Waals surface area contributed by atoms with Crippen LogP contribution in [0.1, 0.15) is 6.42 Å². The Morgan fingerprint density at radius 1 is 1.60 bits per heavy atom. The highest BCUT2D eigenvalue weighted by atomic mass is 79.9. The third kappa shape index (κ3) is 1.64. The second-order valence-corrected chi connectivity index (χ2v) is 3.33. The van der Waals surface area contributed by atoms with E-state index in [1.807, 2.05) is 0 Å². The fourth-order valence-corrected chi connectivity index (χ4v) is 1.27. The average molecular weight is 221 g/mol. The lowest BCUT2D eigenvalue weighted by Crippen LogP contribution is -1.87. The van der Waals surface area contributed by atoms with E-state index in [9.17, 15) is 0 Å². The van der Waals surface area contributed by atoms with Crippen molar-refractivity contribution in [3.8, 4) is 0 Å². The van der Waals surface area contributed by atoms with E-state index < -0.39 is 0 Å². The predicted octanol–water partition coefficient (Wildman–Crippen LogP) is 3.23. The molecule has 0 amide bonds. The van der Waals surface area contributed by atoms with Crippen molar-refractivity contribution in [2.75, 3.05) is 0 Å². The monoisotopic (exact) mass is 220 g/mol. The van der Waals surface area contributed by atoms with Crippen LogP contribution in [0.2, 0.25) is 0 Å². The average Bonchev–Trinajstić information content (AvgIpc) is 1.95. The molecule has 0 saturated heterocycles. The molecule has 54 valence electrons. The van der Waals surface area contributed by atoms with Crippen molar-refractivity contribution in [2.24, 2.45) is 0 Å². The zero-order chi connectivity index (χ0) is 7.56. The van der Waals surface area contributed by atoms with Gasteiger partial charge in [0, 0.05) is 10.9 Å². The molecule has 1 rings (SSSR count). The summed E-state index contributed by atoms with van der Waals surface area (Å²) < 4.78 is 0.914. The van der Waals surface area contributed by atoms with Crippen LogP contribution in [-0.2, 0) is 0 Å². The number of hydrogen-bond acceptors (Lipinski definition) is 1. The number of hydrogen-bond donors (Lipinski definition) is 1. The Labute approximate surface area is 72.8 Å². The second-order valence-electron chi connectivity index (χ2n) is 1.97. The molecule has 0 atom stereocenters. The van der Waals surface area contributed by atoms with Crippen LogP contribution < -0.4 is 0 Å². The molecule has 0 aromatic heterocycles. The van der Waals surface area contributed by atoms with Crippen LogP contribution in [0, 0.1) is 0 Å². The van der Waals surface area contributed by atoms with E-state index in [1.165, 1.54) is 0 Å². The van der Waals surface area contributed by atoms with Crippen LogP contribution in [0.3, 0.4) is 0 Å². The molecule has 0 heterocycles. The topological polar surface area (TPSA) is 20.2 Å². The minimum absolute atomic E-state index is 0.672. The first-order chi connectivity index (χ1) is 4.74. The summed E-state index contributed by atoms with van der Waals surface area (Å²) in [5.41, 5.74) is 0.858. The fraction of sp³-hybridized carbons (Fsp3) is 0.143.